The molecule has 0 aliphatic heterocycles. The summed E-state index contributed by atoms with van der Waals surface area (Å²) in [5, 5.41) is 0.0717. The average molecular weight is 306 g/mol. The zero-order valence-corrected chi connectivity index (χ0v) is 11.6. The Morgan fingerprint density at radius 1 is 1.44 bits per heavy atom. The Bertz CT molecular complexity index is 383. The molecular weight excluding hydrogens is 291 g/mol. The predicted octanol–water partition coefficient (Wildman–Crippen LogP) is 3.53. The summed E-state index contributed by atoms with van der Waals surface area (Å²) < 4.78 is 12.2. The lowest BCUT2D eigenvalue weighted by Gasteiger charge is -2.40. The van der Waals surface area contributed by atoms with Crippen molar-refractivity contribution in [2.45, 2.75) is 30.9 Å². The van der Waals surface area contributed by atoms with E-state index in [2.05, 4.69) is 15.9 Å². The van der Waals surface area contributed by atoms with Gasteiger partial charge in [0.25, 0.3) is 0 Å². The number of aryl methyl sites for hydroxylation is 1. The van der Waals surface area contributed by atoms with Crippen LogP contribution < -0.4 is 4.74 Å². The maximum absolute atomic E-state index is 6.03. The number of rotatable bonds is 3. The van der Waals surface area contributed by atoms with Crippen molar-refractivity contribution in [3.63, 3.8) is 0 Å². The molecule has 4 heteroatoms. The van der Waals surface area contributed by atoms with Gasteiger partial charge in [-0.3, -0.25) is 0 Å². The van der Waals surface area contributed by atoms with Crippen LogP contribution in [-0.4, -0.2) is 24.7 Å². The Morgan fingerprint density at radius 2 is 2.19 bits per heavy atom. The van der Waals surface area contributed by atoms with E-state index in [0.717, 1.165) is 22.2 Å². The van der Waals surface area contributed by atoms with Crippen LogP contribution in [0.3, 0.4) is 0 Å². The molecule has 0 saturated heterocycles. The lowest BCUT2D eigenvalue weighted by molar-refractivity contribution is -0.0586. The van der Waals surface area contributed by atoms with Crippen LogP contribution in [0.4, 0.5) is 0 Å². The van der Waals surface area contributed by atoms with Crippen molar-refractivity contribution in [1.82, 2.24) is 0 Å². The van der Waals surface area contributed by atoms with Crippen molar-refractivity contribution >= 4 is 27.5 Å². The molecule has 3 unspecified atom stereocenters. The fraction of sp³-hybridized carbons (Fsp3) is 0.500. The van der Waals surface area contributed by atoms with E-state index in [-0.39, 0.29) is 17.6 Å². The first kappa shape index (κ1) is 12.2. The minimum atomic E-state index is 0.0000447. The monoisotopic (exact) mass is 304 g/mol. The summed E-state index contributed by atoms with van der Waals surface area (Å²) in [4.78, 5) is 0. The summed E-state index contributed by atoms with van der Waals surface area (Å²) in [6.45, 7) is 2.03. The first-order chi connectivity index (χ1) is 7.61. The fourth-order valence-electron chi connectivity index (χ4n) is 1.81. The van der Waals surface area contributed by atoms with E-state index in [4.69, 9.17) is 21.1 Å². The van der Waals surface area contributed by atoms with Gasteiger partial charge in [0.1, 0.15) is 18.0 Å². The molecule has 1 saturated carbocycles. The largest absolute Gasteiger partial charge is 0.487 e. The number of halogens is 2. The fourth-order valence-corrected chi connectivity index (χ4v) is 2.59. The minimum absolute atomic E-state index is 0.0000447. The van der Waals surface area contributed by atoms with Gasteiger partial charge in [-0.25, -0.2) is 0 Å². The normalized spacial score (nSPS) is 28.6. The van der Waals surface area contributed by atoms with Gasteiger partial charge >= 0.3 is 0 Å². The minimum Gasteiger partial charge on any atom is -0.487 e. The Balaban J connectivity index is 2.07. The second kappa shape index (κ2) is 4.94. The molecule has 1 aliphatic rings. The molecule has 16 heavy (non-hydrogen) atoms. The first-order valence-corrected chi connectivity index (χ1v) is 6.44. The van der Waals surface area contributed by atoms with Gasteiger partial charge in [0.05, 0.1) is 5.38 Å². The van der Waals surface area contributed by atoms with E-state index in [1.54, 1.807) is 7.11 Å². The smallest absolute Gasteiger partial charge is 0.128 e. The quantitative estimate of drug-likeness (QED) is 0.795. The number of hydrogen-bond donors (Lipinski definition) is 0. The van der Waals surface area contributed by atoms with Crippen molar-refractivity contribution in [1.29, 1.82) is 0 Å². The lowest BCUT2D eigenvalue weighted by atomic mass is 9.91. The topological polar surface area (TPSA) is 18.5 Å². The zero-order chi connectivity index (χ0) is 11.7. The van der Waals surface area contributed by atoms with Crippen molar-refractivity contribution in [3.05, 3.63) is 28.2 Å². The van der Waals surface area contributed by atoms with Crippen LogP contribution in [0.25, 0.3) is 0 Å². The molecule has 0 radical (unpaired) electrons. The van der Waals surface area contributed by atoms with Crippen LogP contribution in [0.5, 0.6) is 5.75 Å². The molecule has 0 spiro atoms. The van der Waals surface area contributed by atoms with E-state index in [1.807, 2.05) is 25.1 Å². The maximum atomic E-state index is 6.03. The Kier molecular flexibility index (Phi) is 3.77. The summed E-state index contributed by atoms with van der Waals surface area (Å²) in [5.41, 5.74) is 1.12. The predicted molar refractivity (Wildman–Crippen MR) is 68.4 cm³/mol. The molecule has 2 rings (SSSR count). The van der Waals surface area contributed by atoms with Crippen molar-refractivity contribution in [3.8, 4) is 5.75 Å². The maximum Gasteiger partial charge on any atom is 0.128 e. The molecule has 1 aromatic carbocycles. The van der Waals surface area contributed by atoms with Crippen LogP contribution >= 0.6 is 27.5 Å². The number of methoxy groups -OCH3 is 1. The number of ether oxygens (including phenoxy) is 2. The number of benzene rings is 1. The van der Waals surface area contributed by atoms with Crippen LogP contribution in [0.1, 0.15) is 12.0 Å². The molecular formula is C12H14BrClO2. The zero-order valence-electron chi connectivity index (χ0n) is 9.24. The molecule has 1 aliphatic carbocycles. The van der Waals surface area contributed by atoms with Crippen molar-refractivity contribution in [2.24, 2.45) is 0 Å². The molecule has 0 amide bonds. The van der Waals surface area contributed by atoms with Gasteiger partial charge in [0, 0.05) is 18.0 Å². The van der Waals surface area contributed by atoms with E-state index < -0.39 is 0 Å². The summed E-state index contributed by atoms with van der Waals surface area (Å²) in [6.07, 6.45) is 0.909. The second-order valence-corrected chi connectivity index (χ2v) is 5.49. The molecule has 1 aromatic rings. The van der Waals surface area contributed by atoms with Gasteiger partial charge in [-0.2, -0.15) is 0 Å². The summed E-state index contributed by atoms with van der Waals surface area (Å²) in [6, 6.07) is 6.00. The number of hydrogen-bond acceptors (Lipinski definition) is 2. The van der Waals surface area contributed by atoms with Crippen LogP contribution in [0, 0.1) is 6.92 Å². The number of alkyl halides is 1. The van der Waals surface area contributed by atoms with Crippen molar-refractivity contribution in [2.75, 3.05) is 7.11 Å². The van der Waals surface area contributed by atoms with Gasteiger partial charge in [-0.05, 0) is 24.6 Å². The van der Waals surface area contributed by atoms with Crippen LogP contribution in [-0.2, 0) is 4.74 Å². The van der Waals surface area contributed by atoms with E-state index >= 15 is 0 Å². The molecule has 0 aromatic heterocycles. The SMILES string of the molecule is COC1C(Cl)CC1Oc1cc(Br)ccc1C. The molecule has 2 nitrogen and oxygen atoms in total. The standard InChI is InChI=1S/C12H14BrClO2/c1-7-3-4-8(13)5-10(7)16-11-6-9(14)12(11)15-2/h3-5,9,11-12H,6H2,1-2H3. The van der Waals surface area contributed by atoms with Crippen LogP contribution in [0.15, 0.2) is 22.7 Å². The molecule has 0 heterocycles. The summed E-state index contributed by atoms with van der Waals surface area (Å²) in [5.74, 6) is 0.894. The van der Waals surface area contributed by atoms with E-state index in [0.29, 0.717) is 0 Å². The third-order valence-corrected chi connectivity index (χ3v) is 3.80. The molecule has 3 atom stereocenters. The highest BCUT2D eigenvalue weighted by molar-refractivity contribution is 9.10. The first-order valence-electron chi connectivity index (χ1n) is 5.21. The molecule has 0 N–H and O–H groups in total. The molecule has 88 valence electrons. The third kappa shape index (κ3) is 2.36. The van der Waals surface area contributed by atoms with E-state index in [9.17, 15) is 0 Å². The Labute approximate surface area is 109 Å². The second-order valence-electron chi connectivity index (χ2n) is 4.02. The highest BCUT2D eigenvalue weighted by Crippen LogP contribution is 2.34. The average Bonchev–Trinajstić information content (AvgIpc) is 2.23. The van der Waals surface area contributed by atoms with Gasteiger partial charge in [0.15, 0.2) is 0 Å². The molecule has 1 fully saturated rings. The highest BCUT2D eigenvalue weighted by Gasteiger charge is 2.42. The van der Waals surface area contributed by atoms with E-state index in [1.165, 1.54) is 0 Å². The summed E-state index contributed by atoms with van der Waals surface area (Å²) in [7, 11) is 1.67. The van der Waals surface area contributed by atoms with Crippen LogP contribution in [0.2, 0.25) is 0 Å². The Morgan fingerprint density at radius 3 is 2.81 bits per heavy atom. The van der Waals surface area contributed by atoms with Gasteiger partial charge in [-0.1, -0.05) is 22.0 Å². The third-order valence-electron chi connectivity index (χ3n) is 2.88. The summed E-state index contributed by atoms with van der Waals surface area (Å²) >= 11 is 9.47. The lowest BCUT2D eigenvalue weighted by Crippen LogP contribution is -2.52. The van der Waals surface area contributed by atoms with Gasteiger partial charge in [0.2, 0.25) is 0 Å². The van der Waals surface area contributed by atoms with Gasteiger partial charge < -0.3 is 9.47 Å². The highest BCUT2D eigenvalue weighted by atomic mass is 79.9. The Hall–Kier alpha value is -0.250. The van der Waals surface area contributed by atoms with Gasteiger partial charge in [-0.15, -0.1) is 11.6 Å². The van der Waals surface area contributed by atoms with Crippen molar-refractivity contribution < 1.29 is 9.47 Å². The molecule has 0 bridgehead atoms.